The molecule has 124 valence electrons. The number of nitrogens with zero attached hydrogens (tertiary/aromatic N) is 1. The van der Waals surface area contributed by atoms with Gasteiger partial charge in [0.25, 0.3) is 0 Å². The lowest BCUT2D eigenvalue weighted by atomic mass is 9.81. The molecule has 0 radical (unpaired) electrons. The second-order valence-electron chi connectivity index (χ2n) is 7.75. The number of hydrogen-bond acceptors (Lipinski definition) is 2. The van der Waals surface area contributed by atoms with Gasteiger partial charge >= 0.3 is 0 Å². The van der Waals surface area contributed by atoms with Crippen LogP contribution in [0.15, 0.2) is 0 Å². The van der Waals surface area contributed by atoms with E-state index in [4.69, 9.17) is 0 Å². The summed E-state index contributed by atoms with van der Waals surface area (Å²) in [6.45, 7) is 11.0. The fourth-order valence-electron chi connectivity index (χ4n) is 4.39. The molecule has 1 spiro atoms. The second-order valence-corrected chi connectivity index (χ2v) is 7.75. The molecule has 2 rings (SSSR count). The molecule has 2 aliphatic rings. The molecule has 1 saturated carbocycles. The van der Waals surface area contributed by atoms with E-state index in [0.29, 0.717) is 5.54 Å². The van der Waals surface area contributed by atoms with E-state index < -0.39 is 0 Å². The van der Waals surface area contributed by atoms with Crippen molar-refractivity contribution in [1.29, 1.82) is 0 Å². The van der Waals surface area contributed by atoms with Crippen molar-refractivity contribution < 1.29 is 0 Å². The highest BCUT2D eigenvalue weighted by atomic mass is 15.2. The van der Waals surface area contributed by atoms with Crippen LogP contribution in [-0.4, -0.2) is 36.1 Å². The second kappa shape index (κ2) is 8.53. The normalized spacial score (nSPS) is 28.4. The highest BCUT2D eigenvalue weighted by Crippen LogP contribution is 2.32. The molecular formula is C19H38N2. The molecule has 1 aliphatic heterocycles. The van der Waals surface area contributed by atoms with Crippen molar-refractivity contribution in [3.63, 3.8) is 0 Å². The Kier molecular flexibility index (Phi) is 7.01. The lowest BCUT2D eigenvalue weighted by Gasteiger charge is -2.42. The summed E-state index contributed by atoms with van der Waals surface area (Å²) in [4.78, 5) is 2.84. The molecule has 1 saturated heterocycles. The van der Waals surface area contributed by atoms with Gasteiger partial charge in [0, 0.05) is 24.7 Å². The molecule has 0 aromatic heterocycles. The third-order valence-corrected chi connectivity index (χ3v) is 6.04. The summed E-state index contributed by atoms with van der Waals surface area (Å²) in [5.41, 5.74) is 0.450. The van der Waals surface area contributed by atoms with Crippen LogP contribution in [0.3, 0.4) is 0 Å². The summed E-state index contributed by atoms with van der Waals surface area (Å²) in [5, 5.41) is 3.95. The maximum absolute atomic E-state index is 3.95. The van der Waals surface area contributed by atoms with Gasteiger partial charge in [-0.25, -0.2) is 0 Å². The van der Waals surface area contributed by atoms with Crippen molar-refractivity contribution in [3.05, 3.63) is 0 Å². The lowest BCUT2D eigenvalue weighted by Crippen LogP contribution is -2.53. The van der Waals surface area contributed by atoms with E-state index in [1.165, 1.54) is 83.8 Å². The molecule has 2 nitrogen and oxygen atoms in total. The van der Waals surface area contributed by atoms with Crippen LogP contribution < -0.4 is 5.32 Å². The molecule has 2 atom stereocenters. The van der Waals surface area contributed by atoms with Gasteiger partial charge in [-0.1, -0.05) is 52.4 Å². The van der Waals surface area contributed by atoms with Crippen LogP contribution in [0.2, 0.25) is 0 Å². The first-order valence-corrected chi connectivity index (χ1v) is 9.68. The number of nitrogens with one attached hydrogen (secondary N) is 1. The Morgan fingerprint density at radius 1 is 1.19 bits per heavy atom. The Morgan fingerprint density at radius 2 is 1.95 bits per heavy atom. The average molecular weight is 295 g/mol. The van der Waals surface area contributed by atoms with Gasteiger partial charge in [-0.05, 0) is 45.1 Å². The van der Waals surface area contributed by atoms with E-state index in [9.17, 15) is 0 Å². The SMILES string of the molecule is CCCCC(CC)CN1CC2(CCCCC2)NCCC1C. The largest absolute Gasteiger partial charge is 0.310 e. The molecule has 2 heteroatoms. The van der Waals surface area contributed by atoms with Gasteiger partial charge in [0.1, 0.15) is 0 Å². The number of rotatable bonds is 6. The predicted molar refractivity (Wildman–Crippen MR) is 92.8 cm³/mol. The Morgan fingerprint density at radius 3 is 2.62 bits per heavy atom. The molecular weight excluding hydrogens is 256 g/mol. The summed E-state index contributed by atoms with van der Waals surface area (Å²) < 4.78 is 0. The first-order valence-electron chi connectivity index (χ1n) is 9.68. The first kappa shape index (κ1) is 17.3. The molecule has 0 aromatic rings. The van der Waals surface area contributed by atoms with Crippen molar-refractivity contribution in [3.8, 4) is 0 Å². The summed E-state index contributed by atoms with van der Waals surface area (Å²) >= 11 is 0. The van der Waals surface area contributed by atoms with Crippen LogP contribution in [0, 0.1) is 5.92 Å². The molecule has 2 fully saturated rings. The van der Waals surface area contributed by atoms with E-state index in [1.54, 1.807) is 0 Å². The van der Waals surface area contributed by atoms with Crippen LogP contribution in [0.5, 0.6) is 0 Å². The van der Waals surface area contributed by atoms with Crippen LogP contribution in [-0.2, 0) is 0 Å². The van der Waals surface area contributed by atoms with E-state index in [2.05, 4.69) is 31.0 Å². The smallest absolute Gasteiger partial charge is 0.0308 e. The first-order chi connectivity index (χ1) is 10.2. The lowest BCUT2D eigenvalue weighted by molar-refractivity contribution is 0.116. The van der Waals surface area contributed by atoms with E-state index in [1.807, 2.05) is 0 Å². The Hall–Kier alpha value is -0.0800. The quantitative estimate of drug-likeness (QED) is 0.771. The molecule has 0 amide bonds. The molecule has 0 aromatic carbocycles. The van der Waals surface area contributed by atoms with Crippen molar-refractivity contribution >= 4 is 0 Å². The zero-order chi connectivity index (χ0) is 15.1. The predicted octanol–water partition coefficient (Wildman–Crippen LogP) is 4.59. The van der Waals surface area contributed by atoms with Gasteiger partial charge in [-0.15, -0.1) is 0 Å². The van der Waals surface area contributed by atoms with Gasteiger partial charge in [0.15, 0.2) is 0 Å². The zero-order valence-electron chi connectivity index (χ0n) is 14.8. The summed E-state index contributed by atoms with van der Waals surface area (Å²) in [7, 11) is 0. The third-order valence-electron chi connectivity index (χ3n) is 6.04. The third kappa shape index (κ3) is 4.96. The Balaban J connectivity index is 1.97. The maximum Gasteiger partial charge on any atom is 0.0308 e. The minimum Gasteiger partial charge on any atom is -0.310 e. The van der Waals surface area contributed by atoms with Crippen molar-refractivity contribution in [2.45, 2.75) is 96.6 Å². The van der Waals surface area contributed by atoms with Gasteiger partial charge in [-0.2, -0.15) is 0 Å². The van der Waals surface area contributed by atoms with Gasteiger partial charge in [0.05, 0.1) is 0 Å². The summed E-state index contributed by atoms with van der Waals surface area (Å²) in [6, 6.07) is 0.759. The van der Waals surface area contributed by atoms with Crippen molar-refractivity contribution in [1.82, 2.24) is 10.2 Å². The minimum atomic E-state index is 0.450. The standard InChI is InChI=1S/C19H38N2/c1-4-6-10-18(5-2)15-21-16-19(12-8-7-9-13-19)20-14-11-17(21)3/h17-18,20H,4-16H2,1-3H3. The maximum atomic E-state index is 3.95. The molecule has 1 N–H and O–H groups in total. The monoisotopic (exact) mass is 294 g/mol. The highest BCUT2D eigenvalue weighted by Gasteiger charge is 2.37. The fraction of sp³-hybridized carbons (Fsp3) is 1.00. The van der Waals surface area contributed by atoms with Crippen LogP contribution in [0.1, 0.15) is 85.0 Å². The summed E-state index contributed by atoms with van der Waals surface area (Å²) in [6.07, 6.45) is 14.0. The Bertz CT molecular complexity index is 283. The van der Waals surface area contributed by atoms with E-state index in [-0.39, 0.29) is 0 Å². The van der Waals surface area contributed by atoms with Crippen LogP contribution >= 0.6 is 0 Å². The van der Waals surface area contributed by atoms with Crippen molar-refractivity contribution in [2.24, 2.45) is 5.92 Å². The fourth-order valence-corrected chi connectivity index (χ4v) is 4.39. The summed E-state index contributed by atoms with van der Waals surface area (Å²) in [5.74, 6) is 0.908. The number of unbranched alkanes of at least 4 members (excludes halogenated alkanes) is 1. The average Bonchev–Trinajstić information content (AvgIpc) is 2.64. The van der Waals surface area contributed by atoms with Crippen LogP contribution in [0.25, 0.3) is 0 Å². The van der Waals surface area contributed by atoms with Gasteiger partial charge < -0.3 is 5.32 Å². The van der Waals surface area contributed by atoms with Crippen molar-refractivity contribution in [2.75, 3.05) is 19.6 Å². The molecule has 2 unspecified atom stereocenters. The molecule has 1 aliphatic carbocycles. The van der Waals surface area contributed by atoms with E-state index >= 15 is 0 Å². The molecule has 1 heterocycles. The minimum absolute atomic E-state index is 0.450. The molecule has 21 heavy (non-hydrogen) atoms. The van der Waals surface area contributed by atoms with Crippen LogP contribution in [0.4, 0.5) is 0 Å². The van der Waals surface area contributed by atoms with Gasteiger partial charge in [0.2, 0.25) is 0 Å². The zero-order valence-corrected chi connectivity index (χ0v) is 14.8. The molecule has 0 bridgehead atoms. The Labute approximate surface area is 133 Å². The highest BCUT2D eigenvalue weighted by molar-refractivity contribution is 4.97. The number of hydrogen-bond donors (Lipinski definition) is 1. The van der Waals surface area contributed by atoms with E-state index in [0.717, 1.165) is 12.0 Å². The van der Waals surface area contributed by atoms with Gasteiger partial charge in [-0.3, -0.25) is 4.90 Å². The topological polar surface area (TPSA) is 15.3 Å².